The molecular weight excluding hydrogens is 273 g/mol. The van der Waals surface area contributed by atoms with Crippen molar-refractivity contribution in [3.63, 3.8) is 0 Å². The van der Waals surface area contributed by atoms with E-state index in [0.29, 0.717) is 13.2 Å². The van der Waals surface area contributed by atoms with Crippen LogP contribution < -0.4 is 10.1 Å². The Morgan fingerprint density at radius 1 is 1.33 bits per heavy atom. The van der Waals surface area contributed by atoms with Crippen LogP contribution in [0.15, 0.2) is 24.3 Å². The van der Waals surface area contributed by atoms with Crippen molar-refractivity contribution in [1.82, 2.24) is 5.32 Å². The molecule has 1 aromatic rings. The van der Waals surface area contributed by atoms with Crippen LogP contribution in [0.4, 0.5) is 4.39 Å². The van der Waals surface area contributed by atoms with Crippen molar-refractivity contribution in [2.24, 2.45) is 5.41 Å². The number of hydrogen-bond acceptors (Lipinski definition) is 4. The normalized spacial score (nSPS) is 13.2. The molecule has 1 atom stereocenters. The molecule has 120 valence electrons. The third-order valence-electron chi connectivity index (χ3n) is 3.23. The molecule has 0 aliphatic carbocycles. The molecule has 1 unspecified atom stereocenters. The Labute approximate surface area is 126 Å². The van der Waals surface area contributed by atoms with Crippen LogP contribution in [-0.4, -0.2) is 44.6 Å². The Bertz CT molecular complexity index is 412. The van der Waals surface area contributed by atoms with Gasteiger partial charge in [0.1, 0.15) is 12.7 Å². The molecule has 0 fully saturated rings. The number of rotatable bonds is 10. The van der Waals surface area contributed by atoms with Gasteiger partial charge in [0.25, 0.3) is 0 Å². The highest BCUT2D eigenvalue weighted by Gasteiger charge is 2.17. The van der Waals surface area contributed by atoms with E-state index in [0.717, 1.165) is 13.0 Å². The predicted octanol–water partition coefficient (Wildman–Crippen LogP) is 2.22. The van der Waals surface area contributed by atoms with Crippen molar-refractivity contribution in [2.45, 2.75) is 26.4 Å². The molecule has 0 amide bonds. The summed E-state index contributed by atoms with van der Waals surface area (Å²) in [5.74, 6) is -0.254. The number of hydrogen-bond donors (Lipinski definition) is 2. The number of benzene rings is 1. The molecule has 0 heterocycles. The summed E-state index contributed by atoms with van der Waals surface area (Å²) in [7, 11) is 1.69. The molecular formula is C16H26FNO3. The van der Waals surface area contributed by atoms with Crippen molar-refractivity contribution in [1.29, 1.82) is 0 Å². The number of ether oxygens (including phenoxy) is 2. The highest BCUT2D eigenvalue weighted by atomic mass is 19.1. The van der Waals surface area contributed by atoms with Gasteiger partial charge >= 0.3 is 0 Å². The van der Waals surface area contributed by atoms with Crippen molar-refractivity contribution >= 4 is 0 Å². The largest absolute Gasteiger partial charge is 0.488 e. The standard InChI is InChI=1S/C16H26FNO3/c1-16(2,8-9-20-3)12-18-10-13(19)11-21-15-7-5-4-6-14(15)17/h4-7,13,18-19H,8-12H2,1-3H3. The second-order valence-electron chi connectivity index (χ2n) is 5.93. The second-order valence-corrected chi connectivity index (χ2v) is 5.93. The molecule has 1 aromatic carbocycles. The van der Waals surface area contributed by atoms with Gasteiger partial charge in [-0.05, 0) is 24.0 Å². The summed E-state index contributed by atoms with van der Waals surface area (Å²) in [6.45, 7) is 6.24. The van der Waals surface area contributed by atoms with E-state index in [-0.39, 0.29) is 17.8 Å². The summed E-state index contributed by atoms with van der Waals surface area (Å²) in [5.41, 5.74) is 0.0993. The Kier molecular flexibility index (Phi) is 7.64. The van der Waals surface area contributed by atoms with Gasteiger partial charge in [0.2, 0.25) is 0 Å². The lowest BCUT2D eigenvalue weighted by molar-refractivity contribution is 0.0985. The zero-order valence-electron chi connectivity index (χ0n) is 13.1. The summed E-state index contributed by atoms with van der Waals surface area (Å²) in [5, 5.41) is 13.0. The maximum absolute atomic E-state index is 13.3. The molecule has 0 radical (unpaired) electrons. The summed E-state index contributed by atoms with van der Waals surface area (Å²) >= 11 is 0. The van der Waals surface area contributed by atoms with Gasteiger partial charge in [0, 0.05) is 26.8 Å². The fourth-order valence-electron chi connectivity index (χ4n) is 1.85. The van der Waals surface area contributed by atoms with Gasteiger partial charge in [-0.15, -0.1) is 0 Å². The molecule has 2 N–H and O–H groups in total. The van der Waals surface area contributed by atoms with E-state index in [4.69, 9.17) is 9.47 Å². The number of methoxy groups -OCH3 is 1. The first kappa shape index (κ1) is 17.9. The Morgan fingerprint density at radius 2 is 2.05 bits per heavy atom. The summed E-state index contributed by atoms with van der Waals surface area (Å²) in [4.78, 5) is 0. The predicted molar refractivity (Wildman–Crippen MR) is 81.0 cm³/mol. The molecule has 0 bridgehead atoms. The Morgan fingerprint density at radius 3 is 2.71 bits per heavy atom. The van der Waals surface area contributed by atoms with E-state index in [1.807, 2.05) is 0 Å². The van der Waals surface area contributed by atoms with Crippen molar-refractivity contribution in [3.8, 4) is 5.75 Å². The molecule has 21 heavy (non-hydrogen) atoms. The lowest BCUT2D eigenvalue weighted by Crippen LogP contribution is -2.37. The number of aliphatic hydroxyl groups excluding tert-OH is 1. The summed E-state index contributed by atoms with van der Waals surface area (Å²) in [6, 6.07) is 6.17. The Hall–Kier alpha value is -1.17. The van der Waals surface area contributed by atoms with Gasteiger partial charge in [-0.1, -0.05) is 26.0 Å². The summed E-state index contributed by atoms with van der Waals surface area (Å²) < 4.78 is 23.7. The number of aliphatic hydroxyl groups is 1. The second kappa shape index (κ2) is 8.97. The quantitative estimate of drug-likeness (QED) is 0.695. The zero-order valence-corrected chi connectivity index (χ0v) is 13.1. The van der Waals surface area contributed by atoms with Gasteiger partial charge < -0.3 is 19.9 Å². The number of para-hydroxylation sites is 1. The summed E-state index contributed by atoms with van der Waals surface area (Å²) in [6.07, 6.45) is 0.265. The highest BCUT2D eigenvalue weighted by Crippen LogP contribution is 2.18. The van der Waals surface area contributed by atoms with E-state index >= 15 is 0 Å². The van der Waals surface area contributed by atoms with Crippen LogP contribution in [0.25, 0.3) is 0 Å². The molecule has 0 saturated carbocycles. The molecule has 0 saturated heterocycles. The first-order valence-corrected chi connectivity index (χ1v) is 7.19. The lowest BCUT2D eigenvalue weighted by Gasteiger charge is -2.25. The van der Waals surface area contributed by atoms with Crippen molar-refractivity contribution in [3.05, 3.63) is 30.1 Å². The van der Waals surface area contributed by atoms with E-state index in [1.165, 1.54) is 6.07 Å². The average Bonchev–Trinajstić information content (AvgIpc) is 2.44. The van der Waals surface area contributed by atoms with Gasteiger partial charge in [0.15, 0.2) is 11.6 Å². The molecule has 0 aliphatic heterocycles. The highest BCUT2D eigenvalue weighted by molar-refractivity contribution is 5.23. The van der Waals surface area contributed by atoms with Crippen LogP contribution in [-0.2, 0) is 4.74 Å². The minimum absolute atomic E-state index is 0.0619. The van der Waals surface area contributed by atoms with Crippen molar-refractivity contribution < 1.29 is 19.0 Å². The number of halogens is 1. The van der Waals surface area contributed by atoms with E-state index in [2.05, 4.69) is 19.2 Å². The van der Waals surface area contributed by atoms with Gasteiger partial charge in [-0.25, -0.2) is 4.39 Å². The van der Waals surface area contributed by atoms with Crippen LogP contribution in [0.3, 0.4) is 0 Å². The fourth-order valence-corrected chi connectivity index (χ4v) is 1.85. The minimum Gasteiger partial charge on any atom is -0.488 e. The van der Waals surface area contributed by atoms with Crippen LogP contribution >= 0.6 is 0 Å². The third-order valence-corrected chi connectivity index (χ3v) is 3.23. The van der Waals surface area contributed by atoms with E-state index < -0.39 is 11.9 Å². The van der Waals surface area contributed by atoms with Crippen LogP contribution in [0.5, 0.6) is 5.75 Å². The topological polar surface area (TPSA) is 50.7 Å². The lowest BCUT2D eigenvalue weighted by atomic mass is 9.90. The maximum atomic E-state index is 13.3. The first-order valence-electron chi connectivity index (χ1n) is 7.19. The van der Waals surface area contributed by atoms with Gasteiger partial charge in [-0.2, -0.15) is 0 Å². The monoisotopic (exact) mass is 299 g/mol. The fraction of sp³-hybridized carbons (Fsp3) is 0.625. The number of nitrogens with one attached hydrogen (secondary N) is 1. The maximum Gasteiger partial charge on any atom is 0.165 e. The van der Waals surface area contributed by atoms with Gasteiger partial charge in [0.05, 0.1) is 0 Å². The molecule has 1 rings (SSSR count). The zero-order chi connectivity index (χ0) is 15.7. The van der Waals surface area contributed by atoms with E-state index in [1.54, 1.807) is 25.3 Å². The van der Waals surface area contributed by atoms with Gasteiger partial charge in [-0.3, -0.25) is 0 Å². The van der Waals surface area contributed by atoms with Crippen LogP contribution in [0.2, 0.25) is 0 Å². The smallest absolute Gasteiger partial charge is 0.165 e. The molecule has 0 spiro atoms. The minimum atomic E-state index is -0.678. The Balaban J connectivity index is 2.22. The third kappa shape index (κ3) is 7.41. The molecule has 0 aromatic heterocycles. The molecule has 0 aliphatic rings. The first-order chi connectivity index (χ1) is 9.94. The van der Waals surface area contributed by atoms with E-state index in [9.17, 15) is 9.50 Å². The van der Waals surface area contributed by atoms with Crippen LogP contribution in [0.1, 0.15) is 20.3 Å². The molecule has 4 nitrogen and oxygen atoms in total. The van der Waals surface area contributed by atoms with Crippen molar-refractivity contribution in [2.75, 3.05) is 33.4 Å². The SMILES string of the molecule is COCCC(C)(C)CNCC(O)COc1ccccc1F. The average molecular weight is 299 g/mol. The van der Waals surface area contributed by atoms with Crippen LogP contribution in [0, 0.1) is 11.2 Å². The molecule has 5 heteroatoms.